The van der Waals surface area contributed by atoms with Crippen molar-refractivity contribution in [3.8, 4) is 11.1 Å². The van der Waals surface area contributed by atoms with Gasteiger partial charge < -0.3 is 20.5 Å². The molecule has 3 aliphatic rings. The molecule has 3 atom stereocenters. The van der Waals surface area contributed by atoms with Gasteiger partial charge in [0.2, 0.25) is 5.91 Å². The second-order valence-electron chi connectivity index (χ2n) is 9.35. The molecule has 2 aromatic rings. The maximum Gasteiger partial charge on any atom is 0.407 e. The summed E-state index contributed by atoms with van der Waals surface area (Å²) < 4.78 is 5.60. The van der Waals surface area contributed by atoms with E-state index < -0.39 is 18.0 Å². The third-order valence-electron chi connectivity index (χ3n) is 6.98. The van der Waals surface area contributed by atoms with Gasteiger partial charge >= 0.3 is 12.1 Å². The number of amides is 2. The van der Waals surface area contributed by atoms with Gasteiger partial charge in [0, 0.05) is 12.0 Å². The summed E-state index contributed by atoms with van der Waals surface area (Å²) in [7, 11) is 0. The summed E-state index contributed by atoms with van der Waals surface area (Å²) in [5.74, 6) is -1.25. The lowest BCUT2D eigenvalue weighted by Crippen LogP contribution is -2.42. The van der Waals surface area contributed by atoms with Crippen LogP contribution in [0, 0.1) is 11.8 Å². The summed E-state index contributed by atoms with van der Waals surface area (Å²) in [6, 6.07) is 15.7. The van der Waals surface area contributed by atoms with Crippen LogP contribution in [0.25, 0.3) is 11.1 Å². The largest absolute Gasteiger partial charge is 0.481 e. The van der Waals surface area contributed by atoms with Crippen molar-refractivity contribution in [2.24, 2.45) is 11.8 Å². The second-order valence-corrected chi connectivity index (χ2v) is 9.35. The van der Waals surface area contributed by atoms with Crippen LogP contribution < -0.4 is 10.6 Å². The molecular weight excluding hydrogens is 432 g/mol. The summed E-state index contributed by atoms with van der Waals surface area (Å²) >= 11 is 0. The van der Waals surface area contributed by atoms with Gasteiger partial charge in [-0.3, -0.25) is 9.59 Å². The third-order valence-corrected chi connectivity index (χ3v) is 6.98. The van der Waals surface area contributed by atoms with E-state index in [1.165, 1.54) is 11.1 Å². The van der Waals surface area contributed by atoms with Crippen molar-refractivity contribution in [2.45, 2.75) is 43.7 Å². The second kappa shape index (κ2) is 9.33. The quantitative estimate of drug-likeness (QED) is 0.519. The number of ether oxygens (including phenoxy) is 1. The van der Waals surface area contributed by atoms with Crippen LogP contribution in [0.15, 0.2) is 60.7 Å². The molecule has 3 aliphatic carbocycles. The summed E-state index contributed by atoms with van der Waals surface area (Å²) in [6.07, 6.45) is 5.33. The highest BCUT2D eigenvalue weighted by Crippen LogP contribution is 2.44. The lowest BCUT2D eigenvalue weighted by molar-refractivity contribution is -0.138. The number of nitrogens with one attached hydrogen (secondary N) is 2. The Hall–Kier alpha value is -3.61. The zero-order valence-electron chi connectivity index (χ0n) is 18.8. The van der Waals surface area contributed by atoms with E-state index in [1.807, 2.05) is 24.3 Å². The Labute approximate surface area is 198 Å². The number of aliphatic carboxylic acids is 1. The Bertz CT molecular complexity index is 1090. The molecule has 0 heterocycles. The van der Waals surface area contributed by atoms with Crippen LogP contribution in [0.2, 0.25) is 0 Å². The van der Waals surface area contributed by atoms with Crippen molar-refractivity contribution < 1.29 is 24.2 Å². The molecule has 1 fully saturated rings. The Morgan fingerprint density at radius 1 is 0.971 bits per heavy atom. The first-order chi connectivity index (χ1) is 16.5. The maximum atomic E-state index is 12.6. The molecule has 176 valence electrons. The molecule has 1 saturated carbocycles. The first-order valence-corrected chi connectivity index (χ1v) is 11.8. The first-order valence-electron chi connectivity index (χ1n) is 11.8. The molecule has 5 rings (SSSR count). The van der Waals surface area contributed by atoms with Crippen molar-refractivity contribution in [3.05, 3.63) is 71.8 Å². The van der Waals surface area contributed by atoms with Gasteiger partial charge in [-0.05, 0) is 47.4 Å². The minimum atomic E-state index is -0.908. The van der Waals surface area contributed by atoms with Gasteiger partial charge in [-0.1, -0.05) is 60.7 Å². The zero-order chi connectivity index (χ0) is 23.7. The number of hydrogen-bond donors (Lipinski definition) is 3. The van der Waals surface area contributed by atoms with E-state index in [0.717, 1.165) is 24.0 Å². The fourth-order valence-electron chi connectivity index (χ4n) is 5.10. The lowest BCUT2D eigenvalue weighted by atomic mass is 9.98. The molecule has 0 spiro atoms. The fraction of sp³-hybridized carbons (Fsp3) is 0.370. The van der Waals surface area contributed by atoms with E-state index in [1.54, 1.807) is 12.2 Å². The number of hydrogen-bond acceptors (Lipinski definition) is 4. The van der Waals surface area contributed by atoms with Crippen LogP contribution in [-0.2, 0) is 14.3 Å². The average molecular weight is 461 g/mol. The highest BCUT2D eigenvalue weighted by atomic mass is 16.5. The van der Waals surface area contributed by atoms with Gasteiger partial charge in [0.05, 0.1) is 18.4 Å². The van der Waals surface area contributed by atoms with Crippen molar-refractivity contribution in [1.29, 1.82) is 0 Å². The molecule has 2 amide bonds. The van der Waals surface area contributed by atoms with Gasteiger partial charge in [0.25, 0.3) is 0 Å². The highest BCUT2D eigenvalue weighted by Gasteiger charge is 2.36. The van der Waals surface area contributed by atoms with E-state index in [2.05, 4.69) is 34.9 Å². The van der Waals surface area contributed by atoms with E-state index in [9.17, 15) is 14.4 Å². The zero-order valence-corrected chi connectivity index (χ0v) is 18.8. The summed E-state index contributed by atoms with van der Waals surface area (Å²) in [4.78, 5) is 36.2. The standard InChI is InChI=1S/C27H28N2O5/c30-25(31)14-24(16-9-10-16)29-26(32)17-11-12-18(13-17)28-27(33)34-15-23-21-7-3-1-5-19(21)20-6-2-4-8-22(20)23/h1-8,11-12,16-18,23-24H,9-10,13-15H2,(H,28,33)(H,29,32)(H,30,31). The van der Waals surface area contributed by atoms with Gasteiger partial charge in [0.15, 0.2) is 0 Å². The topological polar surface area (TPSA) is 105 Å². The minimum absolute atomic E-state index is 0.00982. The molecule has 0 bridgehead atoms. The molecule has 34 heavy (non-hydrogen) atoms. The van der Waals surface area contributed by atoms with Crippen LogP contribution in [0.1, 0.15) is 42.7 Å². The fourth-order valence-corrected chi connectivity index (χ4v) is 5.10. The number of carbonyl (C=O) groups is 3. The molecule has 7 nitrogen and oxygen atoms in total. The predicted octanol–water partition coefficient (Wildman–Crippen LogP) is 3.84. The van der Waals surface area contributed by atoms with Gasteiger partial charge in [-0.25, -0.2) is 4.79 Å². The lowest BCUT2D eigenvalue weighted by Gasteiger charge is -2.20. The molecule has 0 aliphatic heterocycles. The smallest absolute Gasteiger partial charge is 0.407 e. The predicted molar refractivity (Wildman–Crippen MR) is 126 cm³/mol. The average Bonchev–Trinajstić information content (AvgIpc) is 3.49. The van der Waals surface area contributed by atoms with Crippen molar-refractivity contribution in [3.63, 3.8) is 0 Å². The highest BCUT2D eigenvalue weighted by molar-refractivity contribution is 5.82. The Balaban J connectivity index is 1.13. The molecule has 0 radical (unpaired) electrons. The summed E-state index contributed by atoms with van der Waals surface area (Å²) in [5, 5.41) is 14.8. The van der Waals surface area contributed by atoms with Crippen LogP contribution in [0.5, 0.6) is 0 Å². The number of rotatable bonds is 8. The summed E-state index contributed by atoms with van der Waals surface area (Å²) in [5.41, 5.74) is 4.65. The summed E-state index contributed by atoms with van der Waals surface area (Å²) in [6.45, 7) is 0.235. The number of benzene rings is 2. The number of carboxylic acids is 1. The van der Waals surface area contributed by atoms with Crippen LogP contribution in [0.4, 0.5) is 4.79 Å². The molecule has 7 heteroatoms. The SMILES string of the molecule is O=C(O)CC(NC(=O)C1C=CC(NC(=O)OCC2c3ccccc3-c3ccccc32)C1)C1CC1. The van der Waals surface area contributed by atoms with Crippen molar-refractivity contribution in [1.82, 2.24) is 10.6 Å². The van der Waals surface area contributed by atoms with Crippen LogP contribution in [0.3, 0.4) is 0 Å². The number of carboxylic acid groups (broad SMARTS) is 1. The third kappa shape index (κ3) is 4.69. The first kappa shape index (κ1) is 22.2. The Morgan fingerprint density at radius 3 is 2.24 bits per heavy atom. The normalized spacial score (nSPS) is 21.4. The molecule has 0 saturated heterocycles. The Kier molecular flexibility index (Phi) is 6.09. The molecule has 3 unspecified atom stereocenters. The van der Waals surface area contributed by atoms with E-state index >= 15 is 0 Å². The molecular formula is C27H28N2O5. The molecule has 0 aromatic heterocycles. The van der Waals surface area contributed by atoms with Crippen LogP contribution in [-0.4, -0.2) is 41.8 Å². The van der Waals surface area contributed by atoms with Crippen molar-refractivity contribution in [2.75, 3.05) is 6.61 Å². The van der Waals surface area contributed by atoms with E-state index in [0.29, 0.717) is 6.42 Å². The maximum absolute atomic E-state index is 12.6. The number of alkyl carbamates (subject to hydrolysis) is 1. The van der Waals surface area contributed by atoms with Crippen LogP contribution >= 0.6 is 0 Å². The monoisotopic (exact) mass is 460 g/mol. The molecule has 2 aromatic carbocycles. The van der Waals surface area contributed by atoms with E-state index in [-0.39, 0.29) is 42.9 Å². The van der Waals surface area contributed by atoms with Gasteiger partial charge in [-0.15, -0.1) is 0 Å². The van der Waals surface area contributed by atoms with E-state index in [4.69, 9.17) is 9.84 Å². The molecule has 3 N–H and O–H groups in total. The van der Waals surface area contributed by atoms with Gasteiger partial charge in [0.1, 0.15) is 6.61 Å². The number of fused-ring (bicyclic) bond motifs is 3. The van der Waals surface area contributed by atoms with Gasteiger partial charge in [-0.2, -0.15) is 0 Å². The minimum Gasteiger partial charge on any atom is -0.481 e. The Morgan fingerprint density at radius 2 is 1.62 bits per heavy atom. The number of carbonyl (C=O) groups excluding carboxylic acids is 2. The van der Waals surface area contributed by atoms with Crippen molar-refractivity contribution >= 4 is 18.0 Å².